The van der Waals surface area contributed by atoms with Crippen LogP contribution in [0.5, 0.6) is 0 Å². The number of carbonyl (C=O) groups excluding carboxylic acids is 2. The first-order valence-corrected chi connectivity index (χ1v) is 10.6. The van der Waals surface area contributed by atoms with Gasteiger partial charge in [0.1, 0.15) is 5.92 Å². The molecule has 8 nitrogen and oxygen atoms in total. The number of benzene rings is 3. The molecule has 0 spiro atoms. The Bertz CT molecular complexity index is 1280. The molecular weight excluding hydrogens is 422 g/mol. The lowest BCUT2D eigenvalue weighted by atomic mass is 9.90. The van der Waals surface area contributed by atoms with Gasteiger partial charge in [0.25, 0.3) is 11.6 Å². The van der Waals surface area contributed by atoms with Crippen LogP contribution < -0.4 is 9.96 Å². The van der Waals surface area contributed by atoms with E-state index in [1.807, 2.05) is 56.3 Å². The molecule has 3 atom stereocenters. The van der Waals surface area contributed by atoms with Crippen LogP contribution in [-0.2, 0) is 14.4 Å². The first-order valence-electron chi connectivity index (χ1n) is 10.6. The van der Waals surface area contributed by atoms with E-state index in [0.29, 0.717) is 16.9 Å². The zero-order valence-electron chi connectivity index (χ0n) is 18.0. The van der Waals surface area contributed by atoms with Crippen molar-refractivity contribution in [2.75, 3.05) is 9.96 Å². The second kappa shape index (κ2) is 7.83. The maximum Gasteiger partial charge on any atom is 0.269 e. The third-order valence-corrected chi connectivity index (χ3v) is 6.14. The summed E-state index contributed by atoms with van der Waals surface area (Å²) in [5, 5.41) is 12.9. The summed E-state index contributed by atoms with van der Waals surface area (Å²) in [4.78, 5) is 45.3. The second-order valence-electron chi connectivity index (χ2n) is 8.31. The van der Waals surface area contributed by atoms with Gasteiger partial charge in [-0.3, -0.25) is 24.5 Å². The molecule has 0 aliphatic carbocycles. The molecule has 33 heavy (non-hydrogen) atoms. The Kier molecular flexibility index (Phi) is 4.94. The largest absolute Gasteiger partial charge is 0.273 e. The van der Waals surface area contributed by atoms with Crippen molar-refractivity contribution >= 4 is 28.9 Å². The number of hydrogen-bond donors (Lipinski definition) is 0. The Morgan fingerprint density at radius 3 is 2.36 bits per heavy atom. The van der Waals surface area contributed by atoms with E-state index in [2.05, 4.69) is 0 Å². The van der Waals surface area contributed by atoms with Crippen molar-refractivity contribution < 1.29 is 19.3 Å². The zero-order valence-corrected chi connectivity index (χ0v) is 18.0. The molecule has 2 fully saturated rings. The van der Waals surface area contributed by atoms with Crippen molar-refractivity contribution in [1.29, 1.82) is 0 Å². The number of aryl methyl sites for hydroxylation is 2. The highest BCUT2D eigenvalue weighted by Crippen LogP contribution is 2.48. The summed E-state index contributed by atoms with van der Waals surface area (Å²) in [5.41, 5.74) is 3.45. The molecule has 2 heterocycles. The van der Waals surface area contributed by atoms with Crippen LogP contribution in [0.25, 0.3) is 0 Å². The lowest BCUT2D eigenvalue weighted by Crippen LogP contribution is -2.37. The van der Waals surface area contributed by atoms with Crippen molar-refractivity contribution in [1.82, 2.24) is 0 Å². The molecule has 2 aliphatic heterocycles. The molecule has 3 aromatic carbocycles. The van der Waals surface area contributed by atoms with E-state index in [9.17, 15) is 19.7 Å². The summed E-state index contributed by atoms with van der Waals surface area (Å²) < 4.78 is 0. The molecule has 5 rings (SSSR count). The number of hydrogen-bond acceptors (Lipinski definition) is 6. The van der Waals surface area contributed by atoms with Gasteiger partial charge in [-0.05, 0) is 43.2 Å². The van der Waals surface area contributed by atoms with Crippen LogP contribution in [0.4, 0.5) is 17.1 Å². The Labute approximate surface area is 190 Å². The van der Waals surface area contributed by atoms with Gasteiger partial charge in [-0.25, -0.2) is 9.96 Å². The molecule has 8 heteroatoms. The SMILES string of the molecule is Cc1ccc(N2C(=O)[C@@H]3[C@@H](ON(c4ccccc4)[C@H]3c3cccc([N+](=O)[O-])c3)C2=O)c(C)c1. The summed E-state index contributed by atoms with van der Waals surface area (Å²) in [6, 6.07) is 20.1. The number of carbonyl (C=O) groups is 2. The van der Waals surface area contributed by atoms with Crippen LogP contribution in [0.3, 0.4) is 0 Å². The van der Waals surface area contributed by atoms with Gasteiger partial charge in [-0.15, -0.1) is 0 Å². The molecule has 0 saturated carbocycles. The Morgan fingerprint density at radius 1 is 0.909 bits per heavy atom. The number of nitrogens with zero attached hydrogens (tertiary/aromatic N) is 3. The minimum absolute atomic E-state index is 0.0908. The van der Waals surface area contributed by atoms with E-state index in [1.54, 1.807) is 18.2 Å². The smallest absolute Gasteiger partial charge is 0.269 e. The van der Waals surface area contributed by atoms with E-state index in [4.69, 9.17) is 4.84 Å². The highest BCUT2D eigenvalue weighted by atomic mass is 16.7. The Hall–Kier alpha value is -4.04. The highest BCUT2D eigenvalue weighted by molar-refractivity contribution is 6.24. The summed E-state index contributed by atoms with van der Waals surface area (Å²) in [7, 11) is 0. The predicted octanol–water partition coefficient (Wildman–Crippen LogP) is 4.26. The number of nitro benzene ring substituents is 1. The quantitative estimate of drug-likeness (QED) is 0.340. The number of nitro groups is 1. The van der Waals surface area contributed by atoms with Crippen molar-refractivity contribution in [2.24, 2.45) is 5.92 Å². The first kappa shape index (κ1) is 20.8. The zero-order chi connectivity index (χ0) is 23.3. The fraction of sp³-hybridized carbons (Fsp3) is 0.200. The number of anilines is 2. The van der Waals surface area contributed by atoms with Gasteiger partial charge in [0, 0.05) is 12.1 Å². The number of para-hydroxylation sites is 1. The standard InChI is InChI=1S/C25H21N3O5/c1-15-11-12-20(16(2)13-15)26-24(29)21-22(17-7-6-10-19(14-17)28(31)32)27(33-23(21)25(26)30)18-8-4-3-5-9-18/h3-14,21-23H,1-2H3/t21-,22-,23+/m0/s1. The summed E-state index contributed by atoms with van der Waals surface area (Å²) in [5.74, 6) is -1.67. The van der Waals surface area contributed by atoms with Crippen LogP contribution in [0.15, 0.2) is 72.8 Å². The summed E-state index contributed by atoms with van der Waals surface area (Å²) >= 11 is 0. The molecule has 3 aromatic rings. The number of hydroxylamine groups is 1. The molecule has 0 unspecified atom stereocenters. The molecular formula is C25H21N3O5. The minimum atomic E-state index is -1.03. The van der Waals surface area contributed by atoms with Gasteiger partial charge >= 0.3 is 0 Å². The van der Waals surface area contributed by atoms with Crippen LogP contribution in [0, 0.1) is 29.9 Å². The Balaban J connectivity index is 1.61. The third kappa shape index (κ3) is 3.35. The predicted molar refractivity (Wildman–Crippen MR) is 122 cm³/mol. The van der Waals surface area contributed by atoms with E-state index < -0.39 is 28.9 Å². The van der Waals surface area contributed by atoms with Crippen molar-refractivity contribution in [3.8, 4) is 0 Å². The summed E-state index contributed by atoms with van der Waals surface area (Å²) in [6.45, 7) is 3.80. The number of imide groups is 1. The number of non-ortho nitro benzene ring substituents is 1. The average molecular weight is 443 g/mol. The number of rotatable bonds is 4. The second-order valence-corrected chi connectivity index (χ2v) is 8.31. The molecule has 2 aliphatic rings. The van der Waals surface area contributed by atoms with Gasteiger partial charge in [0.2, 0.25) is 5.91 Å². The molecule has 2 amide bonds. The third-order valence-electron chi connectivity index (χ3n) is 6.14. The van der Waals surface area contributed by atoms with Gasteiger partial charge in [-0.2, -0.15) is 0 Å². The topological polar surface area (TPSA) is 93.0 Å². The van der Waals surface area contributed by atoms with Crippen LogP contribution in [0.2, 0.25) is 0 Å². The van der Waals surface area contributed by atoms with Crippen LogP contribution in [0.1, 0.15) is 22.7 Å². The van der Waals surface area contributed by atoms with Crippen molar-refractivity contribution in [2.45, 2.75) is 26.0 Å². The normalized spacial score (nSPS) is 22.1. The van der Waals surface area contributed by atoms with E-state index >= 15 is 0 Å². The fourth-order valence-electron chi connectivity index (χ4n) is 4.67. The lowest BCUT2D eigenvalue weighted by molar-refractivity contribution is -0.384. The average Bonchev–Trinajstić information content (AvgIpc) is 3.31. The highest BCUT2D eigenvalue weighted by Gasteiger charge is 2.60. The summed E-state index contributed by atoms with van der Waals surface area (Å²) in [6.07, 6.45) is -1.03. The molecule has 2 saturated heterocycles. The van der Waals surface area contributed by atoms with Gasteiger partial charge < -0.3 is 0 Å². The fourth-order valence-corrected chi connectivity index (χ4v) is 4.67. The lowest BCUT2D eigenvalue weighted by Gasteiger charge is -2.29. The van der Waals surface area contributed by atoms with Gasteiger partial charge in [0.15, 0.2) is 6.10 Å². The van der Waals surface area contributed by atoms with Crippen molar-refractivity contribution in [3.63, 3.8) is 0 Å². The molecule has 166 valence electrons. The number of fused-ring (bicyclic) bond motifs is 1. The van der Waals surface area contributed by atoms with E-state index in [-0.39, 0.29) is 11.6 Å². The van der Waals surface area contributed by atoms with E-state index in [1.165, 1.54) is 22.1 Å². The van der Waals surface area contributed by atoms with Gasteiger partial charge in [0.05, 0.1) is 22.3 Å². The molecule has 0 aromatic heterocycles. The molecule has 0 radical (unpaired) electrons. The monoisotopic (exact) mass is 443 g/mol. The maximum atomic E-state index is 13.7. The first-order chi connectivity index (χ1) is 15.9. The number of amides is 2. The minimum Gasteiger partial charge on any atom is -0.273 e. The van der Waals surface area contributed by atoms with Gasteiger partial charge in [-0.1, -0.05) is 48.0 Å². The molecule has 0 bridgehead atoms. The van der Waals surface area contributed by atoms with Crippen LogP contribution in [-0.4, -0.2) is 22.8 Å². The van der Waals surface area contributed by atoms with E-state index in [0.717, 1.165) is 11.1 Å². The maximum absolute atomic E-state index is 13.7. The Morgan fingerprint density at radius 2 is 1.67 bits per heavy atom. The molecule has 0 N–H and O–H groups in total. The van der Waals surface area contributed by atoms with Crippen LogP contribution >= 0.6 is 0 Å². The van der Waals surface area contributed by atoms with Crippen molar-refractivity contribution in [3.05, 3.63) is 99.6 Å².